The smallest absolute Gasteiger partial charge is 0.342 e. The van der Waals surface area contributed by atoms with Crippen LogP contribution >= 0.6 is 22.7 Å². The molecule has 0 spiro atoms. The quantitative estimate of drug-likeness (QED) is 0.350. The van der Waals surface area contributed by atoms with Gasteiger partial charge in [-0.1, -0.05) is 29.8 Å². The molecule has 32 heavy (non-hydrogen) atoms. The summed E-state index contributed by atoms with van der Waals surface area (Å²) in [5.74, 6) is -0.854. The summed E-state index contributed by atoms with van der Waals surface area (Å²) >= 11 is 2.52. The molecule has 3 N–H and O–H groups in total. The molecule has 0 atom stereocenters. The topological polar surface area (TPSA) is 94.3 Å². The molecule has 0 aliphatic carbocycles. The van der Waals surface area contributed by atoms with Crippen molar-refractivity contribution in [2.45, 2.75) is 33.8 Å². The summed E-state index contributed by atoms with van der Waals surface area (Å²) in [4.78, 5) is 31.6. The Hall–Kier alpha value is -3.23. The zero-order valence-electron chi connectivity index (χ0n) is 18.2. The van der Waals surface area contributed by atoms with Gasteiger partial charge in [0.25, 0.3) is 5.91 Å². The van der Waals surface area contributed by atoms with E-state index in [2.05, 4.69) is 10.3 Å². The zero-order valence-corrected chi connectivity index (χ0v) is 19.8. The molecule has 8 heteroatoms. The Morgan fingerprint density at radius 3 is 2.50 bits per heavy atom. The van der Waals surface area contributed by atoms with E-state index in [1.807, 2.05) is 55.6 Å². The largest absolute Gasteiger partial charge is 0.459 e. The van der Waals surface area contributed by atoms with Gasteiger partial charge < -0.3 is 15.8 Å². The lowest BCUT2D eigenvalue weighted by molar-refractivity contribution is 0.0380. The number of esters is 1. The molecular formula is C24H23N3O3S2. The second-order valence-corrected chi connectivity index (χ2v) is 9.66. The Balaban J connectivity index is 1.73. The van der Waals surface area contributed by atoms with Gasteiger partial charge in [-0.2, -0.15) is 0 Å². The lowest BCUT2D eigenvalue weighted by atomic mass is 10.0. The number of pyridine rings is 1. The van der Waals surface area contributed by atoms with E-state index in [0.29, 0.717) is 26.0 Å². The number of nitrogens with zero attached hydrogens (tertiary/aromatic N) is 1. The van der Waals surface area contributed by atoms with E-state index in [9.17, 15) is 9.59 Å². The predicted molar refractivity (Wildman–Crippen MR) is 132 cm³/mol. The highest BCUT2D eigenvalue weighted by molar-refractivity contribution is 7.21. The van der Waals surface area contributed by atoms with E-state index < -0.39 is 5.97 Å². The normalized spacial score (nSPS) is 11.2. The molecule has 0 bridgehead atoms. The number of hydrogen-bond donors (Lipinski definition) is 2. The number of rotatable bonds is 5. The number of ether oxygens (including phenoxy) is 1. The third-order valence-corrected chi connectivity index (χ3v) is 6.88. The predicted octanol–water partition coefficient (Wildman–Crippen LogP) is 6.04. The number of benzene rings is 1. The minimum absolute atomic E-state index is 0.288. The lowest BCUT2D eigenvalue weighted by Crippen LogP contribution is -2.16. The monoisotopic (exact) mass is 465 g/mol. The number of nitrogens with two attached hydrogens (primary N) is 1. The van der Waals surface area contributed by atoms with E-state index >= 15 is 0 Å². The molecule has 164 valence electrons. The molecular weight excluding hydrogens is 442 g/mol. The van der Waals surface area contributed by atoms with Crippen LogP contribution in [0.3, 0.4) is 0 Å². The number of carbonyl (C=O) groups excluding carboxylic acids is 2. The van der Waals surface area contributed by atoms with Gasteiger partial charge in [0.2, 0.25) is 0 Å². The molecule has 0 saturated heterocycles. The average Bonchev–Trinajstić information content (AvgIpc) is 3.29. The Bertz CT molecular complexity index is 1320. The number of nitrogens with one attached hydrogen (secondary N) is 1. The van der Waals surface area contributed by atoms with Crippen LogP contribution in [0.25, 0.3) is 21.3 Å². The van der Waals surface area contributed by atoms with Crippen molar-refractivity contribution >= 4 is 55.5 Å². The minimum atomic E-state index is -0.478. The van der Waals surface area contributed by atoms with Crippen molar-refractivity contribution in [3.05, 3.63) is 63.5 Å². The van der Waals surface area contributed by atoms with Gasteiger partial charge in [0.15, 0.2) is 0 Å². The van der Waals surface area contributed by atoms with Gasteiger partial charge in [-0.05, 0) is 45.4 Å². The number of anilines is 2. The molecule has 0 fully saturated rings. The lowest BCUT2D eigenvalue weighted by Gasteiger charge is -2.12. The standard InChI is InChI=1S/C24H23N3O3S2/c1-12(2)30-24(29)18-17(15-8-5-13(3)6-9-15)11-31-23(18)27-21(28)20-19(25)16-10-7-14(4)26-22(16)32-20/h5-12H,25H2,1-4H3,(H,27,28). The van der Waals surface area contributed by atoms with Gasteiger partial charge in [0.05, 0.1) is 11.8 Å². The van der Waals surface area contributed by atoms with Gasteiger partial charge in [0.1, 0.15) is 20.3 Å². The van der Waals surface area contributed by atoms with Gasteiger partial charge in [0, 0.05) is 22.0 Å². The summed E-state index contributed by atoms with van der Waals surface area (Å²) in [7, 11) is 0. The van der Waals surface area contributed by atoms with Crippen molar-refractivity contribution in [2.75, 3.05) is 11.1 Å². The van der Waals surface area contributed by atoms with Gasteiger partial charge >= 0.3 is 5.97 Å². The van der Waals surface area contributed by atoms with Crippen LogP contribution in [0.1, 0.15) is 45.1 Å². The van der Waals surface area contributed by atoms with Gasteiger partial charge in [-0.15, -0.1) is 22.7 Å². The summed E-state index contributed by atoms with van der Waals surface area (Å²) in [6, 6.07) is 11.6. The average molecular weight is 466 g/mol. The summed E-state index contributed by atoms with van der Waals surface area (Å²) in [6.45, 7) is 7.48. The van der Waals surface area contributed by atoms with Crippen LogP contribution in [0, 0.1) is 13.8 Å². The zero-order chi connectivity index (χ0) is 23.0. The summed E-state index contributed by atoms with van der Waals surface area (Å²) in [6.07, 6.45) is -0.288. The fraction of sp³-hybridized carbons (Fsp3) is 0.208. The van der Waals surface area contributed by atoms with Crippen LogP contribution in [0.5, 0.6) is 0 Å². The van der Waals surface area contributed by atoms with E-state index in [4.69, 9.17) is 10.5 Å². The van der Waals surface area contributed by atoms with Crippen molar-refractivity contribution in [3.63, 3.8) is 0 Å². The van der Waals surface area contributed by atoms with Gasteiger partial charge in [-0.25, -0.2) is 9.78 Å². The van der Waals surface area contributed by atoms with Crippen molar-refractivity contribution in [2.24, 2.45) is 0 Å². The number of hydrogen-bond acceptors (Lipinski definition) is 7. The fourth-order valence-electron chi connectivity index (χ4n) is 3.29. The molecule has 4 aromatic rings. The van der Waals surface area contributed by atoms with Crippen LogP contribution in [0.4, 0.5) is 10.7 Å². The second kappa shape index (κ2) is 8.72. The molecule has 0 aliphatic rings. The van der Waals surface area contributed by atoms with Crippen LogP contribution in [-0.2, 0) is 4.74 Å². The first-order chi connectivity index (χ1) is 15.2. The molecule has 3 heterocycles. The number of amides is 1. The van der Waals surface area contributed by atoms with Crippen LogP contribution < -0.4 is 11.1 Å². The fourth-order valence-corrected chi connectivity index (χ4v) is 5.28. The number of aryl methyl sites for hydroxylation is 2. The summed E-state index contributed by atoms with van der Waals surface area (Å²) in [5, 5.41) is 5.91. The number of nitrogen functional groups attached to an aromatic ring is 1. The molecule has 6 nitrogen and oxygen atoms in total. The first-order valence-corrected chi connectivity index (χ1v) is 11.8. The molecule has 4 rings (SSSR count). The van der Waals surface area contributed by atoms with Crippen LogP contribution in [0.2, 0.25) is 0 Å². The molecule has 0 aliphatic heterocycles. The number of thiophene rings is 2. The first kappa shape index (κ1) is 22.0. The molecule has 3 aromatic heterocycles. The van der Waals surface area contributed by atoms with Crippen molar-refractivity contribution in [1.29, 1.82) is 0 Å². The summed E-state index contributed by atoms with van der Waals surface area (Å²) < 4.78 is 5.48. The Kier molecular flexibility index (Phi) is 5.99. The summed E-state index contributed by atoms with van der Waals surface area (Å²) in [5.41, 5.74) is 10.5. The third kappa shape index (κ3) is 4.24. The molecule has 0 saturated carbocycles. The van der Waals surface area contributed by atoms with Crippen molar-refractivity contribution < 1.29 is 14.3 Å². The Morgan fingerprint density at radius 1 is 1.09 bits per heavy atom. The van der Waals surface area contributed by atoms with Crippen LogP contribution in [0.15, 0.2) is 41.8 Å². The van der Waals surface area contributed by atoms with E-state index in [-0.39, 0.29) is 12.0 Å². The molecule has 0 radical (unpaired) electrons. The highest BCUT2D eigenvalue weighted by atomic mass is 32.1. The van der Waals surface area contributed by atoms with E-state index in [1.54, 1.807) is 13.8 Å². The Labute approximate surface area is 194 Å². The van der Waals surface area contributed by atoms with Gasteiger partial charge in [-0.3, -0.25) is 4.79 Å². The minimum Gasteiger partial charge on any atom is -0.459 e. The van der Waals surface area contributed by atoms with E-state index in [1.165, 1.54) is 22.7 Å². The molecule has 1 amide bonds. The number of carbonyl (C=O) groups is 2. The van der Waals surface area contributed by atoms with E-state index in [0.717, 1.165) is 27.8 Å². The number of aromatic nitrogens is 1. The second-order valence-electron chi connectivity index (χ2n) is 7.78. The maximum atomic E-state index is 13.1. The van der Waals surface area contributed by atoms with Crippen LogP contribution in [-0.4, -0.2) is 23.0 Å². The maximum Gasteiger partial charge on any atom is 0.342 e. The Morgan fingerprint density at radius 2 is 1.81 bits per heavy atom. The maximum absolute atomic E-state index is 13.1. The SMILES string of the molecule is Cc1ccc(-c2csc(NC(=O)c3sc4nc(C)ccc4c3N)c2C(=O)OC(C)C)cc1. The first-order valence-electron chi connectivity index (χ1n) is 10.1. The molecule has 1 aromatic carbocycles. The van der Waals surface area contributed by atoms with Crippen molar-refractivity contribution in [3.8, 4) is 11.1 Å². The highest BCUT2D eigenvalue weighted by Gasteiger charge is 2.25. The highest BCUT2D eigenvalue weighted by Crippen LogP contribution is 2.38. The van der Waals surface area contributed by atoms with Crippen molar-refractivity contribution in [1.82, 2.24) is 4.98 Å². The number of fused-ring (bicyclic) bond motifs is 1. The molecule has 0 unspecified atom stereocenters. The third-order valence-electron chi connectivity index (χ3n) is 4.87.